The molecule has 150 valence electrons. The Morgan fingerprint density at radius 3 is 2.81 bits per heavy atom. The maximum Gasteiger partial charge on any atom is 0.231 e. The summed E-state index contributed by atoms with van der Waals surface area (Å²) in [4.78, 5) is 12.7. The first-order valence-corrected chi connectivity index (χ1v) is 9.65. The van der Waals surface area contributed by atoms with Crippen molar-refractivity contribution in [2.24, 2.45) is 5.92 Å². The minimum atomic E-state index is -0.104. The van der Waals surface area contributed by atoms with Crippen LogP contribution in [0.4, 0.5) is 0 Å². The van der Waals surface area contributed by atoms with Gasteiger partial charge in [-0.3, -0.25) is 4.79 Å². The van der Waals surface area contributed by atoms with Gasteiger partial charge in [-0.1, -0.05) is 6.07 Å². The maximum absolute atomic E-state index is 12.7. The molecule has 4 rings (SSSR count). The van der Waals surface area contributed by atoms with E-state index in [1.54, 1.807) is 0 Å². The molecule has 27 heavy (non-hydrogen) atoms. The van der Waals surface area contributed by atoms with Crippen molar-refractivity contribution in [2.75, 3.05) is 33.1 Å². The van der Waals surface area contributed by atoms with Gasteiger partial charge in [0.1, 0.15) is 0 Å². The van der Waals surface area contributed by atoms with Gasteiger partial charge < -0.3 is 24.8 Å². The Hall–Kier alpha value is -1.50. The number of amides is 1. The third-order valence-corrected chi connectivity index (χ3v) is 6.03. The highest BCUT2D eigenvalue weighted by molar-refractivity contribution is 5.85. The zero-order chi connectivity index (χ0) is 18.0. The van der Waals surface area contributed by atoms with Gasteiger partial charge in [-0.25, -0.2) is 0 Å². The molecule has 0 unspecified atom stereocenters. The van der Waals surface area contributed by atoms with Crippen molar-refractivity contribution in [2.45, 2.75) is 44.1 Å². The third-order valence-electron chi connectivity index (χ3n) is 6.03. The number of halogens is 1. The van der Waals surface area contributed by atoms with Crippen molar-refractivity contribution in [1.29, 1.82) is 0 Å². The SMILES string of the molecule is C[C@H]1C[C@@H](C(=O)NCC2(c3ccc4c(c3)OCO4)CCOCC2)CCN1.Cl. The minimum Gasteiger partial charge on any atom is -0.454 e. The lowest BCUT2D eigenvalue weighted by Crippen LogP contribution is -2.48. The molecule has 0 saturated carbocycles. The van der Waals surface area contributed by atoms with Crippen molar-refractivity contribution in [3.8, 4) is 11.5 Å². The van der Waals surface area contributed by atoms with Crippen LogP contribution in [-0.2, 0) is 14.9 Å². The molecule has 3 heterocycles. The van der Waals surface area contributed by atoms with Crippen LogP contribution >= 0.6 is 12.4 Å². The van der Waals surface area contributed by atoms with Crippen LogP contribution in [0, 0.1) is 5.92 Å². The molecule has 0 bridgehead atoms. The number of hydrogen-bond acceptors (Lipinski definition) is 5. The Morgan fingerprint density at radius 2 is 2.04 bits per heavy atom. The summed E-state index contributed by atoms with van der Waals surface area (Å²) in [5, 5.41) is 6.66. The van der Waals surface area contributed by atoms with Crippen LogP contribution in [0.15, 0.2) is 18.2 Å². The Morgan fingerprint density at radius 1 is 1.26 bits per heavy atom. The second kappa shape index (κ2) is 8.67. The van der Waals surface area contributed by atoms with Gasteiger partial charge in [0.05, 0.1) is 0 Å². The van der Waals surface area contributed by atoms with E-state index in [9.17, 15) is 4.79 Å². The molecule has 0 aliphatic carbocycles. The molecule has 7 heteroatoms. The Bertz CT molecular complexity index is 663. The van der Waals surface area contributed by atoms with Crippen LogP contribution in [0.1, 0.15) is 38.2 Å². The number of fused-ring (bicyclic) bond motifs is 1. The molecular formula is C20H29ClN2O4. The summed E-state index contributed by atoms with van der Waals surface area (Å²) in [6.07, 6.45) is 3.62. The van der Waals surface area contributed by atoms with Crippen LogP contribution in [-0.4, -0.2) is 45.0 Å². The van der Waals surface area contributed by atoms with Gasteiger partial charge in [0.25, 0.3) is 0 Å². The standard InChI is InChI=1S/C20H28N2O4.ClH/c1-14-10-15(4-7-21-14)19(23)22-12-20(5-8-24-9-6-20)16-2-3-17-18(11-16)26-13-25-17;/h2-3,11,14-15,21H,4-10,12-13H2,1H3,(H,22,23);1H/t14-,15-;/m0./s1. The van der Waals surface area contributed by atoms with Gasteiger partial charge in [0.15, 0.2) is 11.5 Å². The molecule has 0 radical (unpaired) electrons. The van der Waals surface area contributed by atoms with Gasteiger partial charge in [-0.05, 0) is 56.8 Å². The second-order valence-electron chi connectivity index (χ2n) is 7.76. The molecule has 6 nitrogen and oxygen atoms in total. The minimum absolute atomic E-state index is 0. The highest BCUT2D eigenvalue weighted by Crippen LogP contribution is 2.40. The van der Waals surface area contributed by atoms with Crippen LogP contribution < -0.4 is 20.1 Å². The Labute approximate surface area is 166 Å². The normalized spacial score (nSPS) is 26.1. The molecule has 3 aliphatic rings. The predicted octanol–water partition coefficient (Wildman–Crippen LogP) is 2.39. The van der Waals surface area contributed by atoms with E-state index < -0.39 is 0 Å². The number of ether oxygens (including phenoxy) is 3. The van der Waals surface area contributed by atoms with Gasteiger partial charge in [0, 0.05) is 37.1 Å². The van der Waals surface area contributed by atoms with Crippen molar-refractivity contribution >= 4 is 18.3 Å². The van der Waals surface area contributed by atoms with Gasteiger partial charge >= 0.3 is 0 Å². The molecule has 0 aromatic heterocycles. The summed E-state index contributed by atoms with van der Waals surface area (Å²) < 4.78 is 16.6. The van der Waals surface area contributed by atoms with Crippen LogP contribution in [0.2, 0.25) is 0 Å². The lowest BCUT2D eigenvalue weighted by atomic mass is 9.74. The number of carbonyl (C=O) groups is 1. The monoisotopic (exact) mass is 396 g/mol. The number of nitrogens with one attached hydrogen (secondary N) is 2. The predicted molar refractivity (Wildman–Crippen MR) is 105 cm³/mol. The van der Waals surface area contributed by atoms with E-state index in [2.05, 4.69) is 29.7 Å². The molecule has 1 amide bonds. The average molecular weight is 397 g/mol. The highest BCUT2D eigenvalue weighted by atomic mass is 35.5. The first kappa shape index (κ1) is 20.2. The fourth-order valence-corrected chi connectivity index (χ4v) is 4.33. The first-order valence-electron chi connectivity index (χ1n) is 9.65. The number of benzene rings is 1. The maximum atomic E-state index is 12.7. The summed E-state index contributed by atoms with van der Waals surface area (Å²) in [5.41, 5.74) is 1.09. The molecule has 2 N–H and O–H groups in total. The van der Waals surface area contributed by atoms with E-state index in [-0.39, 0.29) is 36.4 Å². The largest absolute Gasteiger partial charge is 0.454 e. The number of piperidine rings is 1. The fraction of sp³-hybridized carbons (Fsp3) is 0.650. The van der Waals surface area contributed by atoms with Crippen LogP contribution in [0.5, 0.6) is 11.5 Å². The lowest BCUT2D eigenvalue weighted by Gasteiger charge is -2.38. The zero-order valence-electron chi connectivity index (χ0n) is 15.8. The fourth-order valence-electron chi connectivity index (χ4n) is 4.33. The molecular weight excluding hydrogens is 368 g/mol. The summed E-state index contributed by atoms with van der Waals surface area (Å²) in [7, 11) is 0. The van der Waals surface area contributed by atoms with Crippen molar-refractivity contribution in [3.05, 3.63) is 23.8 Å². The molecule has 2 fully saturated rings. The Kier molecular flexibility index (Phi) is 6.50. The summed E-state index contributed by atoms with van der Waals surface area (Å²) in [5.74, 6) is 1.89. The van der Waals surface area contributed by atoms with E-state index in [0.29, 0.717) is 25.8 Å². The second-order valence-corrected chi connectivity index (χ2v) is 7.76. The van der Waals surface area contributed by atoms with E-state index >= 15 is 0 Å². The summed E-state index contributed by atoms with van der Waals surface area (Å²) in [6.45, 7) is 5.42. The lowest BCUT2D eigenvalue weighted by molar-refractivity contribution is -0.126. The molecule has 1 aromatic carbocycles. The van der Waals surface area contributed by atoms with Crippen molar-refractivity contribution in [1.82, 2.24) is 10.6 Å². The van der Waals surface area contributed by atoms with Crippen molar-refractivity contribution in [3.63, 3.8) is 0 Å². The topological polar surface area (TPSA) is 68.8 Å². The van der Waals surface area contributed by atoms with E-state index in [4.69, 9.17) is 14.2 Å². The first-order chi connectivity index (χ1) is 12.7. The zero-order valence-corrected chi connectivity index (χ0v) is 16.6. The summed E-state index contributed by atoms with van der Waals surface area (Å²) in [6, 6.07) is 6.57. The van der Waals surface area contributed by atoms with Gasteiger partial charge in [0.2, 0.25) is 12.7 Å². The molecule has 3 aliphatic heterocycles. The van der Waals surface area contributed by atoms with Crippen LogP contribution in [0.3, 0.4) is 0 Å². The number of carbonyl (C=O) groups excluding carboxylic acids is 1. The molecule has 1 aromatic rings. The van der Waals surface area contributed by atoms with Crippen LogP contribution in [0.25, 0.3) is 0 Å². The third kappa shape index (κ3) is 4.33. The van der Waals surface area contributed by atoms with E-state index in [0.717, 1.165) is 43.7 Å². The van der Waals surface area contributed by atoms with Crippen molar-refractivity contribution < 1.29 is 19.0 Å². The number of rotatable bonds is 4. The van der Waals surface area contributed by atoms with E-state index in [1.165, 1.54) is 5.56 Å². The highest BCUT2D eigenvalue weighted by Gasteiger charge is 2.37. The average Bonchev–Trinajstić information content (AvgIpc) is 3.15. The van der Waals surface area contributed by atoms with Gasteiger partial charge in [-0.15, -0.1) is 12.4 Å². The van der Waals surface area contributed by atoms with E-state index in [1.807, 2.05) is 6.07 Å². The summed E-state index contributed by atoms with van der Waals surface area (Å²) >= 11 is 0. The molecule has 0 spiro atoms. The molecule has 2 saturated heterocycles. The number of hydrogen-bond donors (Lipinski definition) is 2. The smallest absolute Gasteiger partial charge is 0.231 e. The Balaban J connectivity index is 0.00000210. The molecule has 2 atom stereocenters. The van der Waals surface area contributed by atoms with Gasteiger partial charge in [-0.2, -0.15) is 0 Å². The quantitative estimate of drug-likeness (QED) is 0.817.